The van der Waals surface area contributed by atoms with Crippen LogP contribution in [-0.2, 0) is 19.1 Å². The van der Waals surface area contributed by atoms with Gasteiger partial charge >= 0.3 is 21.6 Å². The highest BCUT2D eigenvalue weighted by Gasteiger charge is 2.49. The van der Waals surface area contributed by atoms with Crippen LogP contribution in [0.15, 0.2) is 42.7 Å². The van der Waals surface area contributed by atoms with E-state index in [2.05, 4.69) is 15.5 Å². The molecule has 0 saturated carbocycles. The van der Waals surface area contributed by atoms with Crippen LogP contribution >= 0.6 is 0 Å². The van der Waals surface area contributed by atoms with Gasteiger partial charge in [0.05, 0.1) is 0 Å². The number of esters is 1. The molecule has 0 aliphatic carbocycles. The summed E-state index contributed by atoms with van der Waals surface area (Å²) in [4.78, 5) is 11.2. The Morgan fingerprint density at radius 2 is 1.68 bits per heavy atom. The molecular weight excluding hydrogens is 289 g/mol. The number of hydrogen-bond donors (Lipinski definition) is 0. The summed E-state index contributed by atoms with van der Waals surface area (Å²) < 4.78 is 65.2. The molecule has 0 amide bonds. The van der Waals surface area contributed by atoms with Crippen molar-refractivity contribution in [2.24, 2.45) is 0 Å². The summed E-state index contributed by atoms with van der Waals surface area (Å²) in [6.07, 6.45) is 0. The van der Waals surface area contributed by atoms with Crippen LogP contribution in [0.3, 0.4) is 0 Å². The van der Waals surface area contributed by atoms with Crippen molar-refractivity contribution in [1.82, 2.24) is 0 Å². The quantitative estimate of drug-likeness (QED) is 0.212. The second kappa shape index (κ2) is 5.31. The van der Waals surface area contributed by atoms with Crippen LogP contribution in [0, 0.1) is 0 Å². The van der Waals surface area contributed by atoms with Gasteiger partial charge < -0.3 is 8.92 Å². The lowest BCUT2D eigenvalue weighted by molar-refractivity contribution is -0.132. The van der Waals surface area contributed by atoms with Crippen molar-refractivity contribution < 1.29 is 35.3 Å². The van der Waals surface area contributed by atoms with E-state index in [0.717, 1.165) is 0 Å². The summed E-state index contributed by atoms with van der Waals surface area (Å²) in [6, 6.07) is 7.28. The Labute approximate surface area is 106 Å². The van der Waals surface area contributed by atoms with Crippen LogP contribution in [0.4, 0.5) is 13.2 Å². The molecule has 0 radical (unpaired) electrons. The van der Waals surface area contributed by atoms with Gasteiger partial charge in [-0.05, 0) is 18.7 Å². The van der Waals surface area contributed by atoms with E-state index < -0.39 is 27.4 Å². The van der Waals surface area contributed by atoms with E-state index in [0.29, 0.717) is 0 Å². The SMILES string of the molecule is C=C(OS(=O)(=O)C(F)(F)F)C(=O)Oc1ccccc1. The van der Waals surface area contributed by atoms with Gasteiger partial charge in [0.15, 0.2) is 0 Å². The van der Waals surface area contributed by atoms with Crippen LogP contribution in [-0.4, -0.2) is 19.9 Å². The van der Waals surface area contributed by atoms with Crippen molar-refractivity contribution >= 4 is 16.1 Å². The minimum atomic E-state index is -5.93. The molecule has 0 atom stereocenters. The third kappa shape index (κ3) is 3.98. The van der Waals surface area contributed by atoms with Crippen molar-refractivity contribution in [3.05, 3.63) is 42.7 Å². The molecule has 0 bridgehead atoms. The van der Waals surface area contributed by atoms with Crippen molar-refractivity contribution in [2.45, 2.75) is 5.51 Å². The van der Waals surface area contributed by atoms with E-state index in [1.54, 1.807) is 6.07 Å². The van der Waals surface area contributed by atoms with E-state index in [4.69, 9.17) is 0 Å². The van der Waals surface area contributed by atoms with E-state index in [1.807, 2.05) is 0 Å². The minimum Gasteiger partial charge on any atom is -0.421 e. The molecule has 1 aromatic rings. The molecule has 0 spiro atoms. The molecule has 0 aromatic heterocycles. The first-order valence-corrected chi connectivity index (χ1v) is 6.01. The third-order valence-corrected chi connectivity index (χ3v) is 2.66. The lowest BCUT2D eigenvalue weighted by atomic mass is 10.3. The third-order valence-electron chi connectivity index (χ3n) is 1.68. The normalized spacial score (nSPS) is 11.7. The van der Waals surface area contributed by atoms with E-state index in [9.17, 15) is 26.4 Å². The standard InChI is InChI=1S/C10H7F3O5S/c1-7(18-19(15,16)10(11,12)13)9(14)17-8-5-3-2-4-6-8/h2-6H,1H2. The van der Waals surface area contributed by atoms with Crippen LogP contribution in [0.2, 0.25) is 0 Å². The van der Waals surface area contributed by atoms with Gasteiger partial charge in [-0.1, -0.05) is 18.2 Å². The molecule has 5 nitrogen and oxygen atoms in total. The van der Waals surface area contributed by atoms with Gasteiger partial charge in [-0.3, -0.25) is 0 Å². The Hall–Kier alpha value is -2.03. The summed E-state index contributed by atoms with van der Waals surface area (Å²) in [6.45, 7) is 2.77. The fraction of sp³-hybridized carbons (Fsp3) is 0.100. The van der Waals surface area contributed by atoms with Gasteiger partial charge in [0, 0.05) is 0 Å². The molecule has 0 saturated heterocycles. The highest BCUT2D eigenvalue weighted by atomic mass is 32.2. The highest BCUT2D eigenvalue weighted by Crippen LogP contribution is 2.26. The number of carbonyl (C=O) groups excluding carboxylic acids is 1. The number of hydrogen-bond acceptors (Lipinski definition) is 5. The van der Waals surface area contributed by atoms with Gasteiger partial charge in [0.2, 0.25) is 5.76 Å². The van der Waals surface area contributed by atoms with Gasteiger partial charge in [-0.2, -0.15) is 21.6 Å². The zero-order valence-corrected chi connectivity index (χ0v) is 9.99. The van der Waals surface area contributed by atoms with E-state index >= 15 is 0 Å². The first-order valence-electron chi connectivity index (χ1n) is 4.60. The van der Waals surface area contributed by atoms with Crippen molar-refractivity contribution in [3.8, 4) is 5.75 Å². The summed E-state index contributed by atoms with van der Waals surface area (Å²) >= 11 is 0. The van der Waals surface area contributed by atoms with Crippen LogP contribution < -0.4 is 4.74 Å². The molecule has 0 unspecified atom stereocenters. The number of ether oxygens (including phenoxy) is 1. The molecule has 0 aliphatic heterocycles. The fourth-order valence-corrected chi connectivity index (χ4v) is 1.29. The van der Waals surface area contributed by atoms with Gasteiger partial charge in [-0.15, -0.1) is 0 Å². The van der Waals surface area contributed by atoms with E-state index in [-0.39, 0.29) is 5.75 Å². The minimum absolute atomic E-state index is 0.00153. The Morgan fingerprint density at radius 1 is 1.16 bits per heavy atom. The maximum Gasteiger partial charge on any atom is 0.534 e. The zero-order chi connectivity index (χ0) is 14.7. The molecule has 104 valence electrons. The van der Waals surface area contributed by atoms with Gasteiger partial charge in [0.1, 0.15) is 5.75 Å². The summed E-state index contributed by atoms with van der Waals surface area (Å²) in [7, 11) is -5.93. The first kappa shape index (κ1) is 15.0. The smallest absolute Gasteiger partial charge is 0.421 e. The maximum absolute atomic E-state index is 12.0. The molecule has 0 N–H and O–H groups in total. The second-order valence-corrected chi connectivity index (χ2v) is 4.65. The fourth-order valence-electron chi connectivity index (χ4n) is 0.866. The average molecular weight is 296 g/mol. The lowest BCUT2D eigenvalue weighted by Gasteiger charge is -2.10. The number of para-hydroxylation sites is 1. The second-order valence-electron chi connectivity index (χ2n) is 3.11. The highest BCUT2D eigenvalue weighted by molar-refractivity contribution is 7.87. The largest absolute Gasteiger partial charge is 0.534 e. The molecule has 0 heterocycles. The molecule has 19 heavy (non-hydrogen) atoms. The zero-order valence-electron chi connectivity index (χ0n) is 9.18. The Kier molecular flexibility index (Phi) is 4.20. The van der Waals surface area contributed by atoms with Crippen LogP contribution in [0.5, 0.6) is 5.75 Å². The summed E-state index contributed by atoms with van der Waals surface area (Å²) in [5.74, 6) is -2.73. The predicted octanol–water partition coefficient (Wildman–Crippen LogP) is 1.97. The average Bonchev–Trinajstić information content (AvgIpc) is 2.28. The Morgan fingerprint density at radius 3 is 2.16 bits per heavy atom. The van der Waals surface area contributed by atoms with Gasteiger partial charge in [0.25, 0.3) is 0 Å². The number of benzene rings is 1. The topological polar surface area (TPSA) is 69.7 Å². The molecule has 1 aromatic carbocycles. The Bertz CT molecular complexity index is 577. The summed E-state index contributed by atoms with van der Waals surface area (Å²) in [5.41, 5.74) is -5.65. The monoisotopic (exact) mass is 296 g/mol. The van der Waals surface area contributed by atoms with Crippen molar-refractivity contribution in [2.75, 3.05) is 0 Å². The van der Waals surface area contributed by atoms with Crippen LogP contribution in [0.1, 0.15) is 0 Å². The molecule has 9 heteroatoms. The summed E-state index contributed by atoms with van der Waals surface area (Å²) in [5, 5.41) is 0. The van der Waals surface area contributed by atoms with E-state index in [1.165, 1.54) is 24.3 Å². The van der Waals surface area contributed by atoms with Gasteiger partial charge in [-0.25, -0.2) is 4.79 Å². The maximum atomic E-state index is 12.0. The predicted molar refractivity (Wildman–Crippen MR) is 57.3 cm³/mol. The number of carbonyl (C=O) groups is 1. The molecule has 0 fully saturated rings. The lowest BCUT2D eigenvalue weighted by Crippen LogP contribution is -2.27. The first-order chi connectivity index (χ1) is 8.63. The van der Waals surface area contributed by atoms with Crippen molar-refractivity contribution in [3.63, 3.8) is 0 Å². The molecular formula is C10H7F3O5S. The number of alkyl halides is 3. The molecule has 0 aliphatic rings. The number of halogens is 3. The Balaban J connectivity index is 2.73. The van der Waals surface area contributed by atoms with Crippen molar-refractivity contribution in [1.29, 1.82) is 0 Å². The van der Waals surface area contributed by atoms with Crippen LogP contribution in [0.25, 0.3) is 0 Å². The molecule has 1 rings (SSSR count). The number of rotatable bonds is 4.